The summed E-state index contributed by atoms with van der Waals surface area (Å²) < 4.78 is 1.80. The normalized spacial score (nSPS) is 10.5. The average Bonchev–Trinajstić information content (AvgIpc) is 3.25. The molecule has 28 heavy (non-hydrogen) atoms. The summed E-state index contributed by atoms with van der Waals surface area (Å²) in [6.45, 7) is 1.96. The molecule has 2 N–H and O–H groups in total. The molecule has 7 nitrogen and oxygen atoms in total. The van der Waals surface area contributed by atoms with Crippen LogP contribution in [0, 0.1) is 6.92 Å². The fourth-order valence-electron chi connectivity index (χ4n) is 2.73. The molecule has 4 aromatic rings. The molecule has 0 saturated heterocycles. The van der Waals surface area contributed by atoms with E-state index < -0.39 is 0 Å². The number of imidazole rings is 1. The molecular formula is C21H18N6O. The molecule has 2 aromatic carbocycles. The Morgan fingerprint density at radius 2 is 1.82 bits per heavy atom. The van der Waals surface area contributed by atoms with Crippen LogP contribution in [0.3, 0.4) is 0 Å². The number of anilines is 3. The fourth-order valence-corrected chi connectivity index (χ4v) is 2.73. The van der Waals surface area contributed by atoms with E-state index in [9.17, 15) is 4.79 Å². The van der Waals surface area contributed by atoms with Crippen LogP contribution < -0.4 is 10.6 Å². The third-order valence-corrected chi connectivity index (χ3v) is 4.12. The van der Waals surface area contributed by atoms with E-state index in [0.717, 1.165) is 22.8 Å². The number of hydrogen-bond acceptors (Lipinski definition) is 5. The molecule has 0 aliphatic heterocycles. The summed E-state index contributed by atoms with van der Waals surface area (Å²) >= 11 is 0. The van der Waals surface area contributed by atoms with Gasteiger partial charge in [-0.1, -0.05) is 17.7 Å². The molecule has 4 rings (SSSR count). The zero-order valence-corrected chi connectivity index (χ0v) is 15.2. The third kappa shape index (κ3) is 4.04. The molecule has 7 heteroatoms. The summed E-state index contributed by atoms with van der Waals surface area (Å²) in [5.41, 5.74) is 3.25. The van der Waals surface area contributed by atoms with E-state index in [1.54, 1.807) is 23.2 Å². The van der Waals surface area contributed by atoms with Gasteiger partial charge in [-0.2, -0.15) is 0 Å². The second-order valence-corrected chi connectivity index (χ2v) is 6.26. The van der Waals surface area contributed by atoms with Gasteiger partial charge in [0.2, 0.25) is 0 Å². The van der Waals surface area contributed by atoms with E-state index in [-0.39, 0.29) is 5.91 Å². The number of hydrogen-bond donors (Lipinski definition) is 2. The minimum atomic E-state index is -0.134. The van der Waals surface area contributed by atoms with Crippen LogP contribution in [-0.2, 0) is 0 Å². The number of aryl methyl sites for hydroxylation is 1. The van der Waals surface area contributed by atoms with Gasteiger partial charge in [0.1, 0.15) is 24.3 Å². The average molecular weight is 370 g/mol. The summed E-state index contributed by atoms with van der Waals surface area (Å²) in [7, 11) is 0. The number of rotatable bonds is 5. The van der Waals surface area contributed by atoms with Crippen LogP contribution in [0.1, 0.15) is 15.9 Å². The van der Waals surface area contributed by atoms with Crippen molar-refractivity contribution in [3.05, 3.63) is 90.8 Å². The minimum absolute atomic E-state index is 0.134. The van der Waals surface area contributed by atoms with Crippen LogP contribution in [-0.4, -0.2) is 25.4 Å². The Balaban J connectivity index is 1.44. The van der Waals surface area contributed by atoms with E-state index in [1.807, 2.05) is 61.7 Å². The molecule has 138 valence electrons. The quantitative estimate of drug-likeness (QED) is 0.555. The lowest BCUT2D eigenvalue weighted by Crippen LogP contribution is -2.11. The number of nitrogens with zero attached hydrogens (tertiary/aromatic N) is 4. The van der Waals surface area contributed by atoms with Gasteiger partial charge >= 0.3 is 0 Å². The summed E-state index contributed by atoms with van der Waals surface area (Å²) in [5, 5.41) is 6.13. The Labute approximate surface area is 162 Å². The SMILES string of the molecule is Cc1cccc(C(=O)Nc2ccc(Nc3cc(-n4ccnc4)ncn3)cc2)c1. The molecule has 0 bridgehead atoms. The first-order valence-corrected chi connectivity index (χ1v) is 8.73. The lowest BCUT2D eigenvalue weighted by atomic mass is 10.1. The molecule has 2 heterocycles. The lowest BCUT2D eigenvalue weighted by molar-refractivity contribution is 0.102. The summed E-state index contributed by atoms with van der Waals surface area (Å²) in [5.74, 6) is 1.25. The minimum Gasteiger partial charge on any atom is -0.340 e. The van der Waals surface area contributed by atoms with Crippen molar-refractivity contribution in [1.29, 1.82) is 0 Å². The van der Waals surface area contributed by atoms with Gasteiger partial charge in [0.25, 0.3) is 5.91 Å². The first-order valence-electron chi connectivity index (χ1n) is 8.73. The molecule has 0 saturated carbocycles. The predicted molar refractivity (Wildman–Crippen MR) is 108 cm³/mol. The van der Waals surface area contributed by atoms with E-state index in [1.165, 1.54) is 6.33 Å². The van der Waals surface area contributed by atoms with Crippen molar-refractivity contribution in [2.75, 3.05) is 10.6 Å². The van der Waals surface area contributed by atoms with Gasteiger partial charge in [-0.05, 0) is 43.3 Å². The second kappa shape index (κ2) is 7.71. The molecule has 0 fully saturated rings. The molecule has 0 unspecified atom stereocenters. The molecule has 0 aliphatic rings. The summed E-state index contributed by atoms with van der Waals surface area (Å²) in [6.07, 6.45) is 6.68. The third-order valence-electron chi connectivity index (χ3n) is 4.12. The maximum Gasteiger partial charge on any atom is 0.255 e. The van der Waals surface area contributed by atoms with Gasteiger partial charge in [-0.3, -0.25) is 9.36 Å². The zero-order valence-electron chi connectivity index (χ0n) is 15.2. The van der Waals surface area contributed by atoms with Gasteiger partial charge in [0.15, 0.2) is 0 Å². The van der Waals surface area contributed by atoms with E-state index >= 15 is 0 Å². The monoisotopic (exact) mass is 370 g/mol. The van der Waals surface area contributed by atoms with Gasteiger partial charge in [0, 0.05) is 35.4 Å². The number of aromatic nitrogens is 4. The van der Waals surface area contributed by atoms with Crippen LogP contribution in [0.2, 0.25) is 0 Å². The molecule has 0 radical (unpaired) electrons. The summed E-state index contributed by atoms with van der Waals surface area (Å²) in [6, 6.07) is 16.8. The molecular weight excluding hydrogens is 352 g/mol. The number of carbonyl (C=O) groups is 1. The highest BCUT2D eigenvalue weighted by atomic mass is 16.1. The number of benzene rings is 2. The van der Waals surface area contributed by atoms with E-state index in [0.29, 0.717) is 11.4 Å². The predicted octanol–water partition coefficient (Wildman–Crippen LogP) is 3.97. The maximum absolute atomic E-state index is 12.3. The van der Waals surface area contributed by atoms with Gasteiger partial charge in [0.05, 0.1) is 0 Å². The highest BCUT2D eigenvalue weighted by Crippen LogP contribution is 2.19. The van der Waals surface area contributed by atoms with Crippen LogP contribution >= 0.6 is 0 Å². The highest BCUT2D eigenvalue weighted by Gasteiger charge is 2.06. The Bertz CT molecular complexity index is 1090. The first-order chi connectivity index (χ1) is 13.7. The Hall–Kier alpha value is -4.00. The van der Waals surface area contributed by atoms with Crippen molar-refractivity contribution in [2.45, 2.75) is 6.92 Å². The van der Waals surface area contributed by atoms with E-state index in [2.05, 4.69) is 25.6 Å². The van der Waals surface area contributed by atoms with Crippen LogP contribution in [0.4, 0.5) is 17.2 Å². The Kier molecular flexibility index (Phi) is 4.79. The zero-order chi connectivity index (χ0) is 19.3. The van der Waals surface area contributed by atoms with Crippen molar-refractivity contribution < 1.29 is 4.79 Å². The Morgan fingerprint density at radius 1 is 1.00 bits per heavy atom. The van der Waals surface area contributed by atoms with Gasteiger partial charge in [-0.15, -0.1) is 0 Å². The highest BCUT2D eigenvalue weighted by molar-refractivity contribution is 6.04. The van der Waals surface area contributed by atoms with Crippen LogP contribution in [0.25, 0.3) is 5.82 Å². The molecule has 0 atom stereocenters. The molecule has 1 amide bonds. The topological polar surface area (TPSA) is 84.7 Å². The second-order valence-electron chi connectivity index (χ2n) is 6.26. The smallest absolute Gasteiger partial charge is 0.255 e. The van der Waals surface area contributed by atoms with Crippen molar-refractivity contribution in [3.63, 3.8) is 0 Å². The van der Waals surface area contributed by atoms with Gasteiger partial charge < -0.3 is 10.6 Å². The van der Waals surface area contributed by atoms with Crippen molar-refractivity contribution in [3.8, 4) is 5.82 Å². The molecule has 0 aliphatic carbocycles. The lowest BCUT2D eigenvalue weighted by Gasteiger charge is -2.09. The Morgan fingerprint density at radius 3 is 2.57 bits per heavy atom. The first kappa shape index (κ1) is 17.4. The number of carbonyl (C=O) groups excluding carboxylic acids is 1. The van der Waals surface area contributed by atoms with E-state index in [4.69, 9.17) is 0 Å². The van der Waals surface area contributed by atoms with Crippen LogP contribution in [0.5, 0.6) is 0 Å². The van der Waals surface area contributed by atoms with Gasteiger partial charge in [-0.25, -0.2) is 15.0 Å². The van der Waals surface area contributed by atoms with Crippen LogP contribution in [0.15, 0.2) is 79.6 Å². The molecule has 0 spiro atoms. The van der Waals surface area contributed by atoms with Crippen molar-refractivity contribution in [1.82, 2.24) is 19.5 Å². The number of amides is 1. The fraction of sp³-hybridized carbons (Fsp3) is 0.0476. The van der Waals surface area contributed by atoms with Crippen molar-refractivity contribution >= 4 is 23.1 Å². The maximum atomic E-state index is 12.3. The standard InChI is InChI=1S/C21H18N6O/c1-15-3-2-4-16(11-15)21(28)26-18-7-5-17(6-8-18)25-19-12-20(24-13-23-19)27-10-9-22-14-27/h2-14H,1H3,(H,26,28)(H,23,24,25). The van der Waals surface area contributed by atoms with Crippen molar-refractivity contribution in [2.24, 2.45) is 0 Å². The molecule has 2 aromatic heterocycles. The largest absolute Gasteiger partial charge is 0.340 e. The summed E-state index contributed by atoms with van der Waals surface area (Å²) in [4.78, 5) is 24.8. The number of nitrogens with one attached hydrogen (secondary N) is 2.